The Labute approximate surface area is 170 Å². The highest BCUT2D eigenvalue weighted by atomic mass is 80.0. The summed E-state index contributed by atoms with van der Waals surface area (Å²) in [5.41, 5.74) is 1.45. The molecule has 0 N–H and O–H groups in total. The number of hydrogen-bond acceptors (Lipinski definition) is 2. The van der Waals surface area contributed by atoms with Gasteiger partial charge in [-0.25, -0.2) is 0 Å². The van der Waals surface area contributed by atoms with Crippen LogP contribution in [-0.2, 0) is 4.74 Å². The standard InChI is InChI=1S/C18H27Br3O2Si/c1-2-12-22-17-8-4-15(5-9-17)16-6-10-18(11-7-16)23-13-3-14-24(19,20)21/h4-5,8-9,16,18H,2-3,6-7,10-14H2,1H3. The zero-order valence-corrected chi connectivity index (χ0v) is 20.0. The monoisotopic (exact) mass is 540 g/mol. The Morgan fingerprint density at radius 3 is 2.25 bits per heavy atom. The smallest absolute Gasteiger partial charge is 0.267 e. The van der Waals surface area contributed by atoms with E-state index in [1.165, 1.54) is 31.2 Å². The molecule has 1 aromatic rings. The highest BCUT2D eigenvalue weighted by Gasteiger charge is 2.24. The maximum absolute atomic E-state index is 6.07. The molecule has 0 saturated heterocycles. The Morgan fingerprint density at radius 2 is 1.67 bits per heavy atom. The van der Waals surface area contributed by atoms with Gasteiger partial charge in [-0.3, -0.25) is 0 Å². The number of ether oxygens (including phenoxy) is 2. The van der Waals surface area contributed by atoms with Crippen molar-refractivity contribution in [3.05, 3.63) is 29.8 Å². The third kappa shape index (κ3) is 7.90. The fourth-order valence-electron chi connectivity index (χ4n) is 3.14. The van der Waals surface area contributed by atoms with Crippen LogP contribution in [0.25, 0.3) is 0 Å². The molecule has 1 fully saturated rings. The van der Waals surface area contributed by atoms with Crippen molar-refractivity contribution in [1.82, 2.24) is 0 Å². The number of hydrogen-bond donors (Lipinski definition) is 0. The van der Waals surface area contributed by atoms with Crippen LogP contribution in [0.4, 0.5) is 0 Å². The Morgan fingerprint density at radius 1 is 1.00 bits per heavy atom. The van der Waals surface area contributed by atoms with E-state index in [-0.39, 0.29) is 0 Å². The van der Waals surface area contributed by atoms with Gasteiger partial charge in [-0.1, -0.05) is 64.9 Å². The Balaban J connectivity index is 1.68. The van der Waals surface area contributed by atoms with Crippen LogP contribution in [0.3, 0.4) is 0 Å². The molecule has 0 heterocycles. The second kappa shape index (κ2) is 10.7. The number of halogens is 3. The minimum Gasteiger partial charge on any atom is -0.494 e. The predicted octanol–water partition coefficient (Wildman–Crippen LogP) is 7.03. The summed E-state index contributed by atoms with van der Waals surface area (Å²) in [5.74, 6) is 1.67. The van der Waals surface area contributed by atoms with Gasteiger partial charge in [0.1, 0.15) is 5.75 Å². The highest BCUT2D eigenvalue weighted by molar-refractivity contribution is 9.72. The lowest BCUT2D eigenvalue weighted by atomic mass is 9.83. The van der Waals surface area contributed by atoms with Gasteiger partial charge < -0.3 is 9.47 Å². The van der Waals surface area contributed by atoms with Crippen molar-refractivity contribution in [2.24, 2.45) is 0 Å². The summed E-state index contributed by atoms with van der Waals surface area (Å²) in [4.78, 5) is 0. The summed E-state index contributed by atoms with van der Waals surface area (Å²) >= 11 is 11.0. The number of rotatable bonds is 9. The van der Waals surface area contributed by atoms with Gasteiger partial charge in [0.25, 0.3) is 3.93 Å². The van der Waals surface area contributed by atoms with Crippen LogP contribution in [0.2, 0.25) is 6.04 Å². The first-order valence-corrected chi connectivity index (χ1v) is 17.9. The van der Waals surface area contributed by atoms with E-state index in [1.807, 2.05) is 0 Å². The lowest BCUT2D eigenvalue weighted by molar-refractivity contribution is 0.0251. The summed E-state index contributed by atoms with van der Waals surface area (Å²) in [6, 6.07) is 9.84. The summed E-state index contributed by atoms with van der Waals surface area (Å²) in [6.07, 6.45) is 7.42. The third-order valence-corrected chi connectivity index (χ3v) is 8.95. The van der Waals surface area contributed by atoms with E-state index < -0.39 is 3.93 Å². The fraction of sp³-hybridized carbons (Fsp3) is 0.667. The molecule has 1 aliphatic carbocycles. The molecule has 0 amide bonds. The average Bonchev–Trinajstić information content (AvgIpc) is 2.57. The highest BCUT2D eigenvalue weighted by Crippen LogP contribution is 2.36. The van der Waals surface area contributed by atoms with E-state index in [2.05, 4.69) is 77.1 Å². The van der Waals surface area contributed by atoms with Crippen LogP contribution < -0.4 is 4.74 Å². The van der Waals surface area contributed by atoms with Crippen LogP contribution in [0.5, 0.6) is 5.75 Å². The molecule has 0 aromatic heterocycles. The maximum Gasteiger partial charge on any atom is 0.267 e. The summed E-state index contributed by atoms with van der Waals surface area (Å²) in [5, 5.41) is 0. The lowest BCUT2D eigenvalue weighted by Gasteiger charge is -2.29. The second-order valence-electron chi connectivity index (χ2n) is 6.48. The van der Waals surface area contributed by atoms with Gasteiger partial charge in [-0.2, -0.15) is 0 Å². The maximum atomic E-state index is 6.07. The van der Waals surface area contributed by atoms with Crippen molar-refractivity contribution in [1.29, 1.82) is 0 Å². The van der Waals surface area contributed by atoms with Gasteiger partial charge >= 0.3 is 0 Å². The molecule has 136 valence electrons. The van der Waals surface area contributed by atoms with Crippen molar-refractivity contribution in [3.8, 4) is 5.75 Å². The molecule has 0 bridgehead atoms. The van der Waals surface area contributed by atoms with Gasteiger partial charge in [-0.15, -0.1) is 0 Å². The fourth-order valence-corrected chi connectivity index (χ4v) is 6.21. The van der Waals surface area contributed by atoms with Crippen LogP contribution >= 0.6 is 45.9 Å². The summed E-state index contributed by atoms with van der Waals surface area (Å²) in [6.45, 7) is 3.80. The zero-order valence-electron chi connectivity index (χ0n) is 14.3. The van der Waals surface area contributed by atoms with Crippen LogP contribution in [0.1, 0.15) is 56.9 Å². The first-order chi connectivity index (χ1) is 11.5. The third-order valence-electron chi connectivity index (χ3n) is 4.46. The molecule has 0 radical (unpaired) electrons. The molecular weight excluding hydrogens is 516 g/mol. The first kappa shape index (κ1) is 20.9. The van der Waals surface area contributed by atoms with Gasteiger partial charge in [0, 0.05) is 6.61 Å². The minimum absolute atomic E-state index is 0.449. The van der Waals surface area contributed by atoms with Crippen molar-refractivity contribution >= 4 is 49.8 Å². The zero-order chi connectivity index (χ0) is 17.4. The molecule has 1 aliphatic rings. The first-order valence-electron chi connectivity index (χ1n) is 8.89. The predicted molar refractivity (Wildman–Crippen MR) is 115 cm³/mol. The molecule has 0 aliphatic heterocycles. The molecule has 6 heteroatoms. The minimum atomic E-state index is -1.47. The SMILES string of the molecule is CCCOc1ccc(C2CCC(OCCC[Si](Br)(Br)Br)CC2)cc1. The Bertz CT molecular complexity index is 468. The van der Waals surface area contributed by atoms with Gasteiger partial charge in [0.05, 0.1) is 12.7 Å². The van der Waals surface area contributed by atoms with Crippen LogP contribution in [0, 0.1) is 0 Å². The molecule has 2 nitrogen and oxygen atoms in total. The summed E-state index contributed by atoms with van der Waals surface area (Å²) in [7, 11) is 0. The van der Waals surface area contributed by atoms with E-state index in [0.29, 0.717) is 12.0 Å². The normalized spacial score (nSPS) is 21.7. The largest absolute Gasteiger partial charge is 0.494 e. The Hall–Kier alpha value is 0.637. The molecule has 1 aromatic carbocycles. The molecule has 0 unspecified atom stereocenters. The second-order valence-corrected chi connectivity index (χ2v) is 30.0. The van der Waals surface area contributed by atoms with Crippen molar-refractivity contribution in [2.45, 2.75) is 63.5 Å². The molecule has 0 spiro atoms. The summed E-state index contributed by atoms with van der Waals surface area (Å²) < 4.78 is 10.3. The topological polar surface area (TPSA) is 18.5 Å². The molecular formula is C18H27Br3O2Si. The van der Waals surface area contributed by atoms with Crippen LogP contribution in [-0.4, -0.2) is 23.2 Å². The molecule has 24 heavy (non-hydrogen) atoms. The molecule has 0 atom stereocenters. The van der Waals surface area contributed by atoms with Gasteiger partial charge in [-0.05, 0) is 68.2 Å². The van der Waals surface area contributed by atoms with E-state index >= 15 is 0 Å². The van der Waals surface area contributed by atoms with E-state index in [9.17, 15) is 0 Å². The number of benzene rings is 1. The molecule has 2 rings (SSSR count). The average molecular weight is 543 g/mol. The van der Waals surface area contributed by atoms with Crippen molar-refractivity contribution in [2.75, 3.05) is 13.2 Å². The van der Waals surface area contributed by atoms with E-state index in [1.54, 1.807) is 0 Å². The van der Waals surface area contributed by atoms with Gasteiger partial charge in [0.2, 0.25) is 0 Å². The quantitative estimate of drug-likeness (QED) is 0.189. The van der Waals surface area contributed by atoms with Crippen LogP contribution in [0.15, 0.2) is 24.3 Å². The lowest BCUT2D eigenvalue weighted by Crippen LogP contribution is -2.21. The van der Waals surface area contributed by atoms with E-state index in [4.69, 9.17) is 9.47 Å². The Kier molecular flexibility index (Phi) is 9.34. The van der Waals surface area contributed by atoms with Crippen molar-refractivity contribution < 1.29 is 9.47 Å². The molecule has 1 saturated carbocycles. The van der Waals surface area contributed by atoms with Gasteiger partial charge in [0.15, 0.2) is 0 Å². The van der Waals surface area contributed by atoms with E-state index in [0.717, 1.165) is 37.8 Å². The van der Waals surface area contributed by atoms with Crippen molar-refractivity contribution in [3.63, 3.8) is 0 Å².